The molecular weight excluding hydrogens is 352 g/mol. The van der Waals surface area contributed by atoms with E-state index < -0.39 is 26.6 Å². The van der Waals surface area contributed by atoms with E-state index in [9.17, 15) is 17.2 Å². The summed E-state index contributed by atoms with van der Waals surface area (Å²) in [5.41, 5.74) is 1.68. The lowest BCUT2D eigenvalue weighted by Gasteiger charge is -2.08. The number of rotatable bonds is 5. The lowest BCUT2D eigenvalue weighted by molar-refractivity contribution is 0.544. The van der Waals surface area contributed by atoms with Crippen molar-refractivity contribution in [2.24, 2.45) is 0 Å². The van der Waals surface area contributed by atoms with Gasteiger partial charge >= 0.3 is 0 Å². The second-order valence-electron chi connectivity index (χ2n) is 5.24. The molecule has 0 bridgehead atoms. The number of hydrogen-bond donors (Lipinski definition) is 1. The highest BCUT2D eigenvalue weighted by Crippen LogP contribution is 2.16. The second-order valence-corrected chi connectivity index (χ2v) is 6.98. The molecule has 0 unspecified atom stereocenters. The molecule has 7 nitrogen and oxygen atoms in total. The first-order chi connectivity index (χ1) is 11.9. The maximum Gasteiger partial charge on any atom is 0.244 e. The van der Waals surface area contributed by atoms with E-state index in [-0.39, 0.29) is 12.4 Å². The van der Waals surface area contributed by atoms with Crippen molar-refractivity contribution in [2.45, 2.75) is 18.4 Å². The quantitative estimate of drug-likeness (QED) is 0.744. The van der Waals surface area contributed by atoms with Gasteiger partial charge in [0, 0.05) is 0 Å². The van der Waals surface area contributed by atoms with E-state index in [0.717, 1.165) is 17.7 Å². The summed E-state index contributed by atoms with van der Waals surface area (Å²) >= 11 is 0. The number of nitrogens with zero attached hydrogens (tertiary/aromatic N) is 4. The number of sulfonamides is 1. The van der Waals surface area contributed by atoms with Gasteiger partial charge in [-0.1, -0.05) is 17.7 Å². The van der Waals surface area contributed by atoms with Crippen LogP contribution in [0.5, 0.6) is 0 Å². The number of aryl methyl sites for hydroxylation is 1. The van der Waals surface area contributed by atoms with Crippen molar-refractivity contribution in [1.82, 2.24) is 24.9 Å². The van der Waals surface area contributed by atoms with Gasteiger partial charge in [0.1, 0.15) is 16.5 Å². The summed E-state index contributed by atoms with van der Waals surface area (Å²) in [5.74, 6) is -1.71. The smallest absolute Gasteiger partial charge is 0.207 e. The fraction of sp³-hybridized carbons (Fsp3) is 0.133. The number of halogens is 2. The van der Waals surface area contributed by atoms with E-state index in [1.165, 1.54) is 4.68 Å². The Bertz CT molecular complexity index is 1000. The van der Waals surface area contributed by atoms with Gasteiger partial charge in [-0.05, 0) is 47.7 Å². The molecule has 25 heavy (non-hydrogen) atoms. The Morgan fingerprint density at radius 2 is 1.84 bits per heavy atom. The molecule has 0 saturated heterocycles. The van der Waals surface area contributed by atoms with Crippen LogP contribution in [0.25, 0.3) is 5.69 Å². The van der Waals surface area contributed by atoms with Crippen LogP contribution in [0, 0.1) is 18.6 Å². The van der Waals surface area contributed by atoms with Crippen molar-refractivity contribution in [3.63, 3.8) is 0 Å². The number of hydrogen-bond acceptors (Lipinski definition) is 5. The van der Waals surface area contributed by atoms with E-state index in [4.69, 9.17) is 0 Å². The summed E-state index contributed by atoms with van der Waals surface area (Å²) in [4.78, 5) is -0.776. The van der Waals surface area contributed by atoms with E-state index in [2.05, 4.69) is 20.2 Å². The molecule has 0 saturated carbocycles. The first-order valence-electron chi connectivity index (χ1n) is 7.16. The maximum absolute atomic E-state index is 13.7. The van der Waals surface area contributed by atoms with Crippen molar-refractivity contribution in [3.8, 4) is 5.69 Å². The Labute approximate surface area is 142 Å². The summed E-state index contributed by atoms with van der Waals surface area (Å²) in [6, 6.07) is 9.46. The van der Waals surface area contributed by atoms with Gasteiger partial charge in [0.25, 0.3) is 0 Å². The van der Waals surface area contributed by atoms with Crippen LogP contribution in [-0.4, -0.2) is 28.6 Å². The molecular formula is C15H13F2N5O2S. The van der Waals surface area contributed by atoms with Crippen LogP contribution in [-0.2, 0) is 16.6 Å². The summed E-state index contributed by atoms with van der Waals surface area (Å²) in [6.45, 7) is 1.63. The Hall–Kier alpha value is -2.72. The summed E-state index contributed by atoms with van der Waals surface area (Å²) in [7, 11) is -4.27. The van der Waals surface area contributed by atoms with Gasteiger partial charge in [-0.15, -0.1) is 5.10 Å². The van der Waals surface area contributed by atoms with E-state index in [0.29, 0.717) is 11.8 Å². The van der Waals surface area contributed by atoms with E-state index >= 15 is 0 Å². The number of nitrogens with one attached hydrogen (secondary N) is 1. The minimum Gasteiger partial charge on any atom is -0.207 e. The molecule has 0 aliphatic heterocycles. The number of aromatic nitrogens is 4. The minimum atomic E-state index is -4.27. The third-order valence-corrected chi connectivity index (χ3v) is 4.83. The predicted molar refractivity (Wildman–Crippen MR) is 84.3 cm³/mol. The Morgan fingerprint density at radius 3 is 2.56 bits per heavy atom. The molecule has 1 heterocycles. The maximum atomic E-state index is 13.7. The number of tetrazole rings is 1. The molecule has 0 spiro atoms. The first-order valence-corrected chi connectivity index (χ1v) is 8.64. The summed E-state index contributed by atoms with van der Waals surface area (Å²) in [5, 5.41) is 11.1. The van der Waals surface area contributed by atoms with Gasteiger partial charge in [-0.25, -0.2) is 21.9 Å². The molecule has 0 amide bonds. The molecule has 10 heteroatoms. The Kier molecular flexibility index (Phi) is 4.55. The highest BCUT2D eigenvalue weighted by atomic mass is 32.2. The largest absolute Gasteiger partial charge is 0.244 e. The van der Waals surface area contributed by atoms with Crippen molar-refractivity contribution in [3.05, 3.63) is 65.5 Å². The highest BCUT2D eigenvalue weighted by molar-refractivity contribution is 7.89. The zero-order valence-electron chi connectivity index (χ0n) is 13.0. The molecule has 0 aliphatic carbocycles. The first kappa shape index (κ1) is 17.1. The van der Waals surface area contributed by atoms with Gasteiger partial charge in [0.05, 0.1) is 12.2 Å². The zero-order chi connectivity index (χ0) is 18.0. The SMILES string of the molecule is Cc1ccc(-n2nnnc2CNS(=O)(=O)c2cc(F)ccc2F)cc1. The molecule has 1 aromatic heterocycles. The molecule has 2 aromatic carbocycles. The van der Waals surface area contributed by atoms with Crippen LogP contribution in [0.2, 0.25) is 0 Å². The van der Waals surface area contributed by atoms with Crippen molar-refractivity contribution in [1.29, 1.82) is 0 Å². The molecule has 130 valence electrons. The average molecular weight is 365 g/mol. The second kappa shape index (κ2) is 6.65. The molecule has 0 fully saturated rings. The van der Waals surface area contributed by atoms with Gasteiger partial charge in [-0.2, -0.15) is 4.68 Å². The molecule has 0 aliphatic rings. The van der Waals surface area contributed by atoms with Crippen molar-refractivity contribution >= 4 is 10.0 Å². The Morgan fingerprint density at radius 1 is 1.12 bits per heavy atom. The van der Waals surface area contributed by atoms with Gasteiger partial charge in [0.15, 0.2) is 5.82 Å². The standard InChI is InChI=1S/C15H13F2N5O2S/c1-10-2-5-12(6-3-10)22-15(19-20-21-22)9-18-25(23,24)14-8-11(16)4-7-13(14)17/h2-8,18H,9H2,1H3. The molecule has 1 N–H and O–H groups in total. The molecule has 0 radical (unpaired) electrons. The molecule has 0 atom stereocenters. The average Bonchev–Trinajstić information content (AvgIpc) is 3.04. The van der Waals surface area contributed by atoms with Crippen LogP contribution < -0.4 is 4.72 Å². The third-order valence-electron chi connectivity index (χ3n) is 3.42. The lowest BCUT2D eigenvalue weighted by Crippen LogP contribution is -2.26. The Balaban J connectivity index is 1.84. The third kappa shape index (κ3) is 3.69. The lowest BCUT2D eigenvalue weighted by atomic mass is 10.2. The summed E-state index contributed by atoms with van der Waals surface area (Å²) in [6.07, 6.45) is 0. The summed E-state index contributed by atoms with van der Waals surface area (Å²) < 4.78 is 54.8. The predicted octanol–water partition coefficient (Wildman–Crippen LogP) is 1.73. The molecule has 3 aromatic rings. The van der Waals surface area contributed by atoms with E-state index in [1.807, 2.05) is 19.1 Å². The van der Waals surface area contributed by atoms with E-state index in [1.54, 1.807) is 12.1 Å². The van der Waals surface area contributed by atoms with Crippen LogP contribution in [0.3, 0.4) is 0 Å². The minimum absolute atomic E-state index is 0.198. The number of benzene rings is 2. The zero-order valence-corrected chi connectivity index (χ0v) is 13.8. The van der Waals surface area contributed by atoms with Crippen molar-refractivity contribution in [2.75, 3.05) is 0 Å². The van der Waals surface area contributed by atoms with Crippen LogP contribution in [0.4, 0.5) is 8.78 Å². The van der Waals surface area contributed by atoms with Crippen molar-refractivity contribution < 1.29 is 17.2 Å². The molecule has 3 rings (SSSR count). The fourth-order valence-electron chi connectivity index (χ4n) is 2.12. The monoisotopic (exact) mass is 365 g/mol. The van der Waals surface area contributed by atoms with Crippen LogP contribution in [0.1, 0.15) is 11.4 Å². The van der Waals surface area contributed by atoms with Crippen LogP contribution >= 0.6 is 0 Å². The van der Waals surface area contributed by atoms with Crippen LogP contribution in [0.15, 0.2) is 47.4 Å². The van der Waals surface area contributed by atoms with Gasteiger partial charge in [0.2, 0.25) is 10.0 Å². The van der Waals surface area contributed by atoms with Gasteiger partial charge < -0.3 is 0 Å². The normalized spacial score (nSPS) is 11.6. The highest BCUT2D eigenvalue weighted by Gasteiger charge is 2.21. The fourth-order valence-corrected chi connectivity index (χ4v) is 3.19. The van der Waals surface area contributed by atoms with Gasteiger partial charge in [-0.3, -0.25) is 0 Å². The topological polar surface area (TPSA) is 89.8 Å².